The molecular weight excluding hydrogens is 132 g/mol. The first-order valence-corrected chi connectivity index (χ1v) is 3.83. The highest BCUT2D eigenvalue weighted by Crippen LogP contribution is 1.88. The van der Waals surface area contributed by atoms with Gasteiger partial charge in [-0.15, -0.1) is 11.6 Å². The molecule has 0 aliphatic carbocycles. The Morgan fingerprint density at radius 1 is 1.22 bits per heavy atom. The summed E-state index contributed by atoms with van der Waals surface area (Å²) in [7, 11) is 0. The third kappa shape index (κ3) is 7.77. The van der Waals surface area contributed by atoms with E-state index >= 15 is 0 Å². The van der Waals surface area contributed by atoms with Gasteiger partial charge in [-0.2, -0.15) is 0 Å². The molecule has 0 radical (unpaired) electrons. The van der Waals surface area contributed by atoms with E-state index in [1.807, 2.05) is 18.2 Å². The van der Waals surface area contributed by atoms with Gasteiger partial charge in [-0.25, -0.2) is 0 Å². The molecule has 0 aliphatic rings. The number of hydrogen-bond acceptors (Lipinski definition) is 0. The predicted octanol–water partition coefficient (Wildman–Crippen LogP) is 3.14. The lowest BCUT2D eigenvalue weighted by molar-refractivity contribution is 0.959. The highest BCUT2D eigenvalue weighted by Gasteiger charge is 1.68. The van der Waals surface area contributed by atoms with Gasteiger partial charge in [0.1, 0.15) is 0 Å². The average molecular weight is 145 g/mol. The van der Waals surface area contributed by atoms with Gasteiger partial charge in [0.05, 0.1) is 0 Å². The van der Waals surface area contributed by atoms with Gasteiger partial charge in [-0.1, -0.05) is 37.6 Å². The molecule has 0 heterocycles. The van der Waals surface area contributed by atoms with Crippen LogP contribution in [0, 0.1) is 0 Å². The summed E-state index contributed by atoms with van der Waals surface area (Å²) >= 11 is 5.39. The maximum absolute atomic E-state index is 5.39. The van der Waals surface area contributed by atoms with Crippen LogP contribution in [0.4, 0.5) is 0 Å². The quantitative estimate of drug-likeness (QED) is 0.420. The standard InChI is InChI=1S/C8H13Cl/c1-2-3-4-5-6-7-8-9/h4-7H,2-3,8H2,1H3. The number of halogens is 1. The molecule has 9 heavy (non-hydrogen) atoms. The number of hydrogen-bond donors (Lipinski definition) is 0. The second-order valence-corrected chi connectivity index (χ2v) is 2.11. The molecule has 0 atom stereocenters. The van der Waals surface area contributed by atoms with Gasteiger partial charge in [-0.05, 0) is 6.42 Å². The second kappa shape index (κ2) is 7.77. The van der Waals surface area contributed by atoms with Crippen molar-refractivity contribution in [3.8, 4) is 0 Å². The molecule has 0 saturated heterocycles. The fourth-order valence-corrected chi connectivity index (χ4v) is 0.574. The van der Waals surface area contributed by atoms with Gasteiger partial charge in [0.15, 0.2) is 0 Å². The van der Waals surface area contributed by atoms with Crippen LogP contribution in [-0.2, 0) is 0 Å². The number of allylic oxidation sites excluding steroid dienone is 4. The summed E-state index contributed by atoms with van der Waals surface area (Å²) in [5, 5.41) is 0. The molecule has 52 valence electrons. The first-order valence-electron chi connectivity index (χ1n) is 3.29. The minimum absolute atomic E-state index is 0.608. The molecule has 0 aromatic rings. The van der Waals surface area contributed by atoms with Crippen LogP contribution in [0.5, 0.6) is 0 Å². The van der Waals surface area contributed by atoms with E-state index in [0.29, 0.717) is 5.88 Å². The summed E-state index contributed by atoms with van der Waals surface area (Å²) in [5.41, 5.74) is 0. The summed E-state index contributed by atoms with van der Waals surface area (Å²) in [5.74, 6) is 0.608. The SMILES string of the molecule is CCCC=CC=CCCl. The molecular formula is C8H13Cl. The molecule has 0 saturated carbocycles. The van der Waals surface area contributed by atoms with Crippen molar-refractivity contribution < 1.29 is 0 Å². The Labute approximate surface area is 62.2 Å². The summed E-state index contributed by atoms with van der Waals surface area (Å²) in [6.07, 6.45) is 10.4. The first kappa shape index (κ1) is 8.77. The molecule has 1 heteroatoms. The Balaban J connectivity index is 3.13. The third-order valence-corrected chi connectivity index (χ3v) is 1.11. The monoisotopic (exact) mass is 144 g/mol. The summed E-state index contributed by atoms with van der Waals surface area (Å²) in [6.45, 7) is 2.16. The highest BCUT2D eigenvalue weighted by atomic mass is 35.5. The van der Waals surface area contributed by atoms with Gasteiger partial charge in [-0.3, -0.25) is 0 Å². The number of rotatable bonds is 4. The fraction of sp³-hybridized carbons (Fsp3) is 0.500. The summed E-state index contributed by atoms with van der Waals surface area (Å²) in [4.78, 5) is 0. The minimum atomic E-state index is 0.608. The lowest BCUT2D eigenvalue weighted by Gasteiger charge is -1.79. The van der Waals surface area contributed by atoms with Crippen LogP contribution < -0.4 is 0 Å². The molecule has 0 unspecified atom stereocenters. The Morgan fingerprint density at radius 2 is 1.89 bits per heavy atom. The lowest BCUT2D eigenvalue weighted by Crippen LogP contribution is -1.60. The molecule has 0 aromatic heterocycles. The molecule has 0 bridgehead atoms. The molecule has 0 spiro atoms. The molecule has 0 nitrogen and oxygen atoms in total. The zero-order chi connectivity index (χ0) is 6.95. The van der Waals surface area contributed by atoms with Crippen molar-refractivity contribution in [2.75, 3.05) is 5.88 Å². The molecule has 0 amide bonds. The maximum Gasteiger partial charge on any atom is 0.0407 e. The van der Waals surface area contributed by atoms with Crippen LogP contribution in [0.15, 0.2) is 24.3 Å². The van der Waals surface area contributed by atoms with E-state index in [9.17, 15) is 0 Å². The zero-order valence-corrected chi connectivity index (χ0v) is 6.56. The normalized spacial score (nSPS) is 11.8. The van der Waals surface area contributed by atoms with Crippen molar-refractivity contribution in [3.05, 3.63) is 24.3 Å². The van der Waals surface area contributed by atoms with Gasteiger partial charge < -0.3 is 0 Å². The molecule has 0 fully saturated rings. The molecule has 0 rings (SSSR count). The largest absolute Gasteiger partial charge is 0.122 e. The van der Waals surface area contributed by atoms with Crippen LogP contribution in [0.2, 0.25) is 0 Å². The Morgan fingerprint density at radius 3 is 2.44 bits per heavy atom. The van der Waals surface area contributed by atoms with E-state index < -0.39 is 0 Å². The van der Waals surface area contributed by atoms with E-state index in [0.717, 1.165) is 6.42 Å². The average Bonchev–Trinajstić information content (AvgIpc) is 1.89. The number of alkyl halides is 1. The number of unbranched alkanes of at least 4 members (excludes halogenated alkanes) is 1. The smallest absolute Gasteiger partial charge is 0.0407 e. The van der Waals surface area contributed by atoms with Crippen molar-refractivity contribution in [2.24, 2.45) is 0 Å². The van der Waals surface area contributed by atoms with Crippen LogP contribution in [0.1, 0.15) is 19.8 Å². The highest BCUT2D eigenvalue weighted by molar-refractivity contribution is 6.18. The fourth-order valence-electron chi connectivity index (χ4n) is 0.471. The van der Waals surface area contributed by atoms with E-state index in [1.165, 1.54) is 6.42 Å². The summed E-state index contributed by atoms with van der Waals surface area (Å²) < 4.78 is 0. The second-order valence-electron chi connectivity index (χ2n) is 1.80. The van der Waals surface area contributed by atoms with Crippen LogP contribution in [0.25, 0.3) is 0 Å². The Kier molecular flexibility index (Phi) is 7.57. The van der Waals surface area contributed by atoms with Crippen LogP contribution in [-0.4, -0.2) is 5.88 Å². The third-order valence-electron chi connectivity index (χ3n) is 0.928. The Bertz CT molecular complexity index is 92.7. The Hall–Kier alpha value is -0.230. The van der Waals surface area contributed by atoms with Crippen molar-refractivity contribution in [2.45, 2.75) is 19.8 Å². The maximum atomic E-state index is 5.39. The summed E-state index contributed by atoms with van der Waals surface area (Å²) in [6, 6.07) is 0. The van der Waals surface area contributed by atoms with Gasteiger partial charge in [0.2, 0.25) is 0 Å². The molecule has 0 aromatic carbocycles. The lowest BCUT2D eigenvalue weighted by atomic mass is 10.3. The minimum Gasteiger partial charge on any atom is -0.122 e. The van der Waals surface area contributed by atoms with E-state index in [-0.39, 0.29) is 0 Å². The topological polar surface area (TPSA) is 0 Å². The van der Waals surface area contributed by atoms with Crippen molar-refractivity contribution >= 4 is 11.6 Å². The molecule has 0 aliphatic heterocycles. The van der Waals surface area contributed by atoms with E-state index in [4.69, 9.17) is 11.6 Å². The van der Waals surface area contributed by atoms with Crippen molar-refractivity contribution in [3.63, 3.8) is 0 Å². The van der Waals surface area contributed by atoms with Gasteiger partial charge in [0, 0.05) is 5.88 Å². The van der Waals surface area contributed by atoms with Crippen molar-refractivity contribution in [1.82, 2.24) is 0 Å². The first-order chi connectivity index (χ1) is 4.41. The van der Waals surface area contributed by atoms with Crippen molar-refractivity contribution in [1.29, 1.82) is 0 Å². The van der Waals surface area contributed by atoms with Gasteiger partial charge >= 0.3 is 0 Å². The van der Waals surface area contributed by atoms with Crippen LogP contribution >= 0.6 is 11.6 Å². The zero-order valence-electron chi connectivity index (χ0n) is 5.81. The van der Waals surface area contributed by atoms with Gasteiger partial charge in [0.25, 0.3) is 0 Å². The van der Waals surface area contributed by atoms with E-state index in [2.05, 4.69) is 13.0 Å². The predicted molar refractivity (Wildman–Crippen MR) is 43.9 cm³/mol. The van der Waals surface area contributed by atoms with Crippen LogP contribution in [0.3, 0.4) is 0 Å². The molecule has 0 N–H and O–H groups in total. The van der Waals surface area contributed by atoms with E-state index in [1.54, 1.807) is 0 Å².